The largest absolute Gasteiger partial charge is 0.489 e. The summed E-state index contributed by atoms with van der Waals surface area (Å²) in [5, 5.41) is 0. The highest BCUT2D eigenvalue weighted by Gasteiger charge is 2.11. The average molecular weight is 461 g/mol. The van der Waals surface area contributed by atoms with Gasteiger partial charge in [0.2, 0.25) is 5.88 Å². The predicted octanol–water partition coefficient (Wildman–Crippen LogP) is 3.97. The van der Waals surface area contributed by atoms with E-state index in [1.165, 1.54) is 35.6 Å². The molecule has 2 aromatic carbocycles. The van der Waals surface area contributed by atoms with Gasteiger partial charge in [-0.2, -0.15) is 0 Å². The van der Waals surface area contributed by atoms with Gasteiger partial charge in [-0.05, 0) is 67.9 Å². The minimum Gasteiger partial charge on any atom is -0.489 e. The Morgan fingerprint density at radius 2 is 1.76 bits per heavy atom. The van der Waals surface area contributed by atoms with Crippen molar-refractivity contribution < 1.29 is 13.9 Å². The van der Waals surface area contributed by atoms with Crippen LogP contribution in [-0.4, -0.2) is 45.7 Å². The Morgan fingerprint density at radius 1 is 0.941 bits per heavy atom. The number of rotatable bonds is 8. The first kappa shape index (κ1) is 22.0. The molecule has 0 spiro atoms. The maximum atomic E-state index is 13.0. The minimum atomic E-state index is -0.298. The lowest BCUT2D eigenvalue weighted by Gasteiger charge is -2.14. The van der Waals surface area contributed by atoms with E-state index < -0.39 is 0 Å². The van der Waals surface area contributed by atoms with Crippen LogP contribution in [0.1, 0.15) is 18.4 Å². The number of halogens is 1. The summed E-state index contributed by atoms with van der Waals surface area (Å²) in [5.74, 6) is 0.647. The zero-order valence-electron chi connectivity index (χ0n) is 18.7. The van der Waals surface area contributed by atoms with E-state index in [1.54, 1.807) is 30.6 Å². The van der Waals surface area contributed by atoms with E-state index in [2.05, 4.69) is 14.9 Å². The number of likely N-dealkylation sites (tertiary alicyclic amines) is 1. The molecule has 0 saturated carbocycles. The van der Waals surface area contributed by atoms with E-state index in [9.17, 15) is 9.18 Å². The number of hydrogen-bond donors (Lipinski definition) is 0. The van der Waals surface area contributed by atoms with Gasteiger partial charge in [0.25, 0.3) is 5.56 Å². The van der Waals surface area contributed by atoms with Gasteiger partial charge in [-0.25, -0.2) is 14.4 Å². The summed E-state index contributed by atoms with van der Waals surface area (Å²) in [5.41, 5.74) is 2.64. The second kappa shape index (κ2) is 10.0. The van der Waals surface area contributed by atoms with Gasteiger partial charge in [0.1, 0.15) is 24.8 Å². The molecule has 0 radical (unpaired) electrons. The van der Waals surface area contributed by atoms with Crippen molar-refractivity contribution >= 4 is 11.0 Å². The Balaban J connectivity index is 1.25. The summed E-state index contributed by atoms with van der Waals surface area (Å²) in [6.45, 7) is 4.00. The Bertz CT molecular complexity index is 1330. The maximum Gasteiger partial charge on any atom is 0.258 e. The molecule has 0 amide bonds. The number of fused-ring (bicyclic) bond motifs is 1. The predicted molar refractivity (Wildman–Crippen MR) is 127 cm³/mol. The molecule has 1 aliphatic heterocycles. The van der Waals surface area contributed by atoms with Crippen LogP contribution >= 0.6 is 0 Å². The minimum absolute atomic E-state index is 0.231. The summed E-state index contributed by atoms with van der Waals surface area (Å²) in [7, 11) is 0. The van der Waals surface area contributed by atoms with Crippen molar-refractivity contribution in [3.8, 4) is 17.3 Å². The zero-order valence-corrected chi connectivity index (χ0v) is 18.7. The fourth-order valence-electron chi connectivity index (χ4n) is 4.00. The quantitative estimate of drug-likeness (QED) is 0.396. The van der Waals surface area contributed by atoms with Crippen LogP contribution in [0.5, 0.6) is 11.6 Å². The molecular formula is C26H25FN4O3. The molecule has 5 rings (SSSR count). The molecule has 0 atom stereocenters. The van der Waals surface area contributed by atoms with Crippen LogP contribution in [0.25, 0.3) is 16.7 Å². The van der Waals surface area contributed by atoms with Crippen LogP contribution in [-0.2, 0) is 6.61 Å². The van der Waals surface area contributed by atoms with Gasteiger partial charge in [0, 0.05) is 18.8 Å². The molecule has 1 saturated heterocycles. The van der Waals surface area contributed by atoms with Gasteiger partial charge in [-0.15, -0.1) is 0 Å². The highest BCUT2D eigenvalue weighted by atomic mass is 19.1. The summed E-state index contributed by atoms with van der Waals surface area (Å²) in [4.78, 5) is 24.1. The van der Waals surface area contributed by atoms with Crippen LogP contribution in [0, 0.1) is 5.82 Å². The number of pyridine rings is 1. The van der Waals surface area contributed by atoms with Crippen molar-refractivity contribution in [2.45, 2.75) is 19.4 Å². The second-order valence-electron chi connectivity index (χ2n) is 8.26. The van der Waals surface area contributed by atoms with Crippen LogP contribution < -0.4 is 15.0 Å². The fraction of sp³-hybridized carbons (Fsp3) is 0.269. The van der Waals surface area contributed by atoms with Crippen LogP contribution in [0.2, 0.25) is 0 Å². The zero-order chi connectivity index (χ0) is 23.3. The van der Waals surface area contributed by atoms with Gasteiger partial charge in [0.05, 0.1) is 22.9 Å². The van der Waals surface area contributed by atoms with E-state index in [0.29, 0.717) is 35.0 Å². The summed E-state index contributed by atoms with van der Waals surface area (Å²) < 4.78 is 26.0. The third-order valence-corrected chi connectivity index (χ3v) is 5.85. The molecule has 0 unspecified atom stereocenters. The molecule has 3 heterocycles. The third-order valence-electron chi connectivity index (χ3n) is 5.85. The van der Waals surface area contributed by atoms with E-state index in [0.717, 1.165) is 25.2 Å². The van der Waals surface area contributed by atoms with Crippen molar-refractivity contribution in [2.24, 2.45) is 0 Å². The van der Waals surface area contributed by atoms with Crippen molar-refractivity contribution in [2.75, 3.05) is 26.2 Å². The van der Waals surface area contributed by atoms with E-state index in [-0.39, 0.29) is 18.0 Å². The van der Waals surface area contributed by atoms with Crippen molar-refractivity contribution in [1.82, 2.24) is 19.4 Å². The molecule has 1 fully saturated rings. The normalized spacial score (nSPS) is 13.9. The Labute approximate surface area is 196 Å². The topological polar surface area (TPSA) is 69.5 Å². The van der Waals surface area contributed by atoms with E-state index in [1.807, 2.05) is 18.2 Å². The fourth-order valence-corrected chi connectivity index (χ4v) is 4.00. The number of aromatic nitrogens is 3. The van der Waals surface area contributed by atoms with Crippen molar-refractivity contribution in [1.29, 1.82) is 0 Å². The molecule has 1 aliphatic rings. The lowest BCUT2D eigenvalue weighted by Crippen LogP contribution is -2.25. The second-order valence-corrected chi connectivity index (χ2v) is 8.26. The Kier molecular flexibility index (Phi) is 6.49. The van der Waals surface area contributed by atoms with Crippen molar-refractivity contribution in [3.05, 3.63) is 88.7 Å². The summed E-state index contributed by atoms with van der Waals surface area (Å²) in [6, 6.07) is 14.7. The molecule has 2 aromatic heterocycles. The standard InChI is InChI=1S/C26H25FN4O3/c27-20-5-3-19(4-6-20)18-34-22-9-12-31(26(32)16-22)21-7-8-23-24(15-21)28-17-25(29-23)33-14-13-30-10-1-2-11-30/h3-9,12,15-17H,1-2,10-11,13-14,18H2. The highest BCUT2D eigenvalue weighted by Crippen LogP contribution is 2.19. The van der Waals surface area contributed by atoms with Gasteiger partial charge in [0.15, 0.2) is 0 Å². The highest BCUT2D eigenvalue weighted by molar-refractivity contribution is 5.77. The molecular weight excluding hydrogens is 435 g/mol. The SMILES string of the molecule is O=c1cc(OCc2ccc(F)cc2)ccn1-c1ccc2nc(OCCN3CCCC3)cnc2c1. The molecule has 7 nitrogen and oxygen atoms in total. The first-order valence-electron chi connectivity index (χ1n) is 11.4. The lowest BCUT2D eigenvalue weighted by atomic mass is 10.2. The summed E-state index contributed by atoms with van der Waals surface area (Å²) >= 11 is 0. The first-order chi connectivity index (χ1) is 16.6. The maximum absolute atomic E-state index is 13.0. The molecule has 174 valence electrons. The summed E-state index contributed by atoms with van der Waals surface area (Å²) in [6.07, 6.45) is 5.79. The lowest BCUT2D eigenvalue weighted by molar-refractivity contribution is 0.232. The van der Waals surface area contributed by atoms with E-state index in [4.69, 9.17) is 9.47 Å². The van der Waals surface area contributed by atoms with Gasteiger partial charge in [-0.1, -0.05) is 12.1 Å². The van der Waals surface area contributed by atoms with Crippen LogP contribution in [0.4, 0.5) is 4.39 Å². The number of benzene rings is 2. The molecule has 0 N–H and O–H groups in total. The Morgan fingerprint density at radius 3 is 2.56 bits per heavy atom. The average Bonchev–Trinajstić information content (AvgIpc) is 3.37. The third kappa shape index (κ3) is 5.23. The van der Waals surface area contributed by atoms with Crippen LogP contribution in [0.15, 0.2) is 71.8 Å². The molecule has 4 aromatic rings. The molecule has 34 heavy (non-hydrogen) atoms. The molecule has 0 bridgehead atoms. The monoisotopic (exact) mass is 460 g/mol. The van der Waals surface area contributed by atoms with E-state index >= 15 is 0 Å². The number of hydrogen-bond acceptors (Lipinski definition) is 6. The van der Waals surface area contributed by atoms with Gasteiger partial charge >= 0.3 is 0 Å². The van der Waals surface area contributed by atoms with Crippen LogP contribution in [0.3, 0.4) is 0 Å². The molecule has 8 heteroatoms. The van der Waals surface area contributed by atoms with Crippen molar-refractivity contribution in [3.63, 3.8) is 0 Å². The Hall–Kier alpha value is -3.78. The molecule has 0 aliphatic carbocycles. The number of nitrogens with zero attached hydrogens (tertiary/aromatic N) is 4. The van der Waals surface area contributed by atoms with Gasteiger partial charge < -0.3 is 9.47 Å². The smallest absolute Gasteiger partial charge is 0.258 e. The number of ether oxygens (including phenoxy) is 2. The first-order valence-corrected chi connectivity index (χ1v) is 11.4. The van der Waals surface area contributed by atoms with Gasteiger partial charge in [-0.3, -0.25) is 14.3 Å².